The number of aliphatic hydroxyl groups excluding tert-OH is 2. The van der Waals surface area contributed by atoms with Gasteiger partial charge in [-0.05, 0) is 79.7 Å². The Kier molecular flexibility index (Phi) is 16.8. The first-order valence-corrected chi connectivity index (χ1v) is 19.8. The number of azo groups is 1. The fourth-order valence-electron chi connectivity index (χ4n) is 5.37. The average Bonchev–Trinajstić information content (AvgIpc) is 3.16. The van der Waals surface area contributed by atoms with E-state index in [1.165, 1.54) is 5.69 Å². The number of hydrogen-bond acceptors (Lipinski definition) is 10. The molecule has 1 heterocycles. The molecule has 52 heavy (non-hydrogen) atoms. The number of aromatic nitrogens is 1. The largest absolute Gasteiger partial charge is 0.399 e. The summed E-state index contributed by atoms with van der Waals surface area (Å²) < 4.78 is 2.02. The Bertz CT molecular complexity index is 1870. The van der Waals surface area contributed by atoms with Crippen molar-refractivity contribution < 1.29 is 20.1 Å². The third kappa shape index (κ3) is 12.3. The molecule has 0 aliphatic carbocycles. The van der Waals surface area contributed by atoms with Gasteiger partial charge in [-0.1, -0.05) is 45.9 Å². The molecule has 8 N–H and O–H groups in total. The van der Waals surface area contributed by atoms with Gasteiger partial charge in [-0.2, -0.15) is 9.68 Å². The van der Waals surface area contributed by atoms with Crippen LogP contribution in [0.25, 0.3) is 17.0 Å². The predicted molar refractivity (Wildman–Crippen MR) is 223 cm³/mol. The lowest BCUT2D eigenvalue weighted by molar-refractivity contribution is -0.672. The molecular weight excluding hydrogens is 689 g/mol. The fraction of sp³-hybridized carbons (Fsp3) is 0.275. The quantitative estimate of drug-likeness (QED) is 0.0237. The summed E-state index contributed by atoms with van der Waals surface area (Å²) in [5, 5.41) is 30.1. The highest BCUT2D eigenvalue weighted by atomic mass is 33.1. The van der Waals surface area contributed by atoms with Crippen molar-refractivity contribution in [3.8, 4) is 0 Å². The van der Waals surface area contributed by atoms with E-state index in [4.69, 9.17) is 16.6 Å². The summed E-state index contributed by atoms with van der Waals surface area (Å²) >= 11 is 0. The highest BCUT2D eigenvalue weighted by molar-refractivity contribution is 8.76. The molecular formula is C40H52N8O2S2+2. The van der Waals surface area contributed by atoms with Gasteiger partial charge in [-0.25, -0.2) is 0 Å². The van der Waals surface area contributed by atoms with Crippen molar-refractivity contribution in [3.05, 3.63) is 115 Å². The predicted octanol–water partition coefficient (Wildman–Crippen LogP) is 6.56. The summed E-state index contributed by atoms with van der Waals surface area (Å²) in [4.78, 5) is 4.52. The lowest BCUT2D eigenvalue weighted by Crippen LogP contribution is -2.79. The Morgan fingerprint density at radius 2 is 1.42 bits per heavy atom. The van der Waals surface area contributed by atoms with Gasteiger partial charge in [0.15, 0.2) is 12.7 Å². The number of rotatable bonds is 17. The fourth-order valence-corrected chi connectivity index (χ4v) is 7.46. The summed E-state index contributed by atoms with van der Waals surface area (Å²) in [7, 11) is 8.05. The van der Waals surface area contributed by atoms with Gasteiger partial charge in [0.25, 0.3) is 0 Å². The molecule has 0 spiro atoms. The van der Waals surface area contributed by atoms with Crippen LogP contribution in [0.2, 0.25) is 0 Å². The van der Waals surface area contributed by atoms with Crippen molar-refractivity contribution in [2.75, 3.05) is 79.7 Å². The second-order valence-electron chi connectivity index (χ2n) is 12.0. The number of anilines is 4. The molecule has 0 aliphatic rings. The molecule has 274 valence electrons. The minimum atomic E-state index is 0.0940. The van der Waals surface area contributed by atoms with Crippen LogP contribution in [0.5, 0.6) is 0 Å². The number of aliphatic hydroxyl groups is 2. The topological polar surface area (TPSA) is 144 Å². The number of nitrogens with two attached hydrogens (primary N) is 3. The van der Waals surface area contributed by atoms with E-state index in [1.54, 1.807) is 0 Å². The first kappa shape index (κ1) is 40.2. The maximum atomic E-state index is 9.33. The van der Waals surface area contributed by atoms with E-state index in [2.05, 4.69) is 58.4 Å². The van der Waals surface area contributed by atoms with E-state index >= 15 is 0 Å². The lowest BCUT2D eigenvalue weighted by atomic mass is 10.1. The van der Waals surface area contributed by atoms with Gasteiger partial charge in [-0.3, -0.25) is 0 Å². The second-order valence-corrected chi connectivity index (χ2v) is 14.7. The van der Waals surface area contributed by atoms with E-state index in [-0.39, 0.29) is 13.2 Å². The summed E-state index contributed by atoms with van der Waals surface area (Å²) in [6.45, 7) is 5.40. The molecule has 0 bridgehead atoms. The molecule has 0 saturated heterocycles. The van der Waals surface area contributed by atoms with Crippen LogP contribution in [0.15, 0.2) is 120 Å². The van der Waals surface area contributed by atoms with Crippen molar-refractivity contribution in [3.63, 3.8) is 0 Å². The normalized spacial score (nSPS) is 11.2. The Hall–Kier alpha value is -4.59. The van der Waals surface area contributed by atoms with E-state index in [1.807, 2.05) is 130 Å². The molecule has 0 amide bonds. The summed E-state index contributed by atoms with van der Waals surface area (Å²) in [6, 6.07) is 32.0. The minimum Gasteiger partial charge on any atom is -0.399 e. The highest BCUT2D eigenvalue weighted by Gasteiger charge is 2.11. The summed E-state index contributed by atoms with van der Waals surface area (Å²) in [5.41, 5.74) is 20.3. The average molecular weight is 741 g/mol. The van der Waals surface area contributed by atoms with Gasteiger partial charge in [0.1, 0.15) is 18.8 Å². The Balaban J connectivity index is 0.000000363. The van der Waals surface area contributed by atoms with Gasteiger partial charge >= 0.3 is 0 Å². The lowest BCUT2D eigenvalue weighted by Gasteiger charge is -2.20. The maximum absolute atomic E-state index is 9.33. The first-order valence-electron chi connectivity index (χ1n) is 17.4. The standard InChI is InChI=1S/C29H35N6OS2.C11H16N2O/c1-33(25-12-8-23(30)9-13-25)18-21-37-38-22-19-34(2)26-14-10-24(11-15-26)31-32-28-6-3-7-29-27(28)5-4-16-35(29)17-20-36;1-2-4-9-10(12)5-3-6-11(9)13-7-8-14/h3-16,36H,17-22,30H2,1-2H3;2-6,13-14H,7-8,12H2,1H3/q+1;/p+1/b;4-2-. The second kappa shape index (κ2) is 21.7. The monoisotopic (exact) mass is 740 g/mol. The minimum absolute atomic E-state index is 0.0940. The van der Waals surface area contributed by atoms with Crippen LogP contribution in [0.3, 0.4) is 0 Å². The first-order chi connectivity index (χ1) is 25.3. The van der Waals surface area contributed by atoms with Gasteiger partial charge in [0.2, 0.25) is 5.52 Å². The SMILES string of the molecule is C/C=C\c1c(N)cccc1[NH2+]CCO.CN(CCSSCCN(C)c1ccc(N=Nc2cccc3c2ccc[n+]3CCO)cc1)c1ccc(N)cc1. The molecule has 10 nitrogen and oxygen atoms in total. The number of nitrogens with zero attached hydrogens (tertiary/aromatic N) is 5. The molecule has 0 aliphatic heterocycles. The van der Waals surface area contributed by atoms with Crippen molar-refractivity contribution in [2.45, 2.75) is 13.5 Å². The Labute approximate surface area is 315 Å². The van der Waals surface area contributed by atoms with Crippen molar-refractivity contribution >= 4 is 78.4 Å². The molecule has 0 unspecified atom stereocenters. The Morgan fingerprint density at radius 3 is 2.06 bits per heavy atom. The molecule has 1 aromatic heterocycles. The van der Waals surface area contributed by atoms with Crippen LogP contribution in [0.1, 0.15) is 12.5 Å². The number of hydrogen-bond donors (Lipinski definition) is 5. The maximum Gasteiger partial charge on any atom is 0.214 e. The zero-order valence-electron chi connectivity index (χ0n) is 30.3. The van der Waals surface area contributed by atoms with Gasteiger partial charge in [0.05, 0.1) is 28.9 Å². The third-order valence-electron chi connectivity index (χ3n) is 8.24. The van der Waals surface area contributed by atoms with Crippen molar-refractivity contribution in [1.82, 2.24) is 0 Å². The van der Waals surface area contributed by atoms with Crippen LogP contribution >= 0.6 is 21.6 Å². The number of allylic oxidation sites excluding steroid dienone is 1. The van der Waals surface area contributed by atoms with Crippen LogP contribution in [-0.2, 0) is 6.54 Å². The Morgan fingerprint density at radius 1 is 0.769 bits per heavy atom. The number of benzene rings is 4. The molecule has 12 heteroatoms. The molecule has 0 atom stereocenters. The zero-order chi connectivity index (χ0) is 37.1. The van der Waals surface area contributed by atoms with Crippen LogP contribution < -0.4 is 31.2 Å². The van der Waals surface area contributed by atoms with Crippen molar-refractivity contribution in [2.24, 2.45) is 10.2 Å². The molecule has 5 aromatic rings. The number of nitrogen functional groups attached to an aromatic ring is 2. The number of quaternary nitrogens is 1. The molecule has 0 saturated carbocycles. The van der Waals surface area contributed by atoms with Crippen LogP contribution in [0, 0.1) is 0 Å². The van der Waals surface area contributed by atoms with Gasteiger partial charge < -0.3 is 36.8 Å². The van der Waals surface area contributed by atoms with E-state index in [0.717, 1.165) is 75.2 Å². The molecule has 0 fully saturated rings. The molecule has 5 rings (SSSR count). The number of fused-ring (bicyclic) bond motifs is 1. The zero-order valence-corrected chi connectivity index (χ0v) is 31.9. The third-order valence-corrected chi connectivity index (χ3v) is 10.6. The smallest absolute Gasteiger partial charge is 0.214 e. The molecule has 0 radical (unpaired) electrons. The summed E-state index contributed by atoms with van der Waals surface area (Å²) in [5.74, 6) is 2.11. The number of pyridine rings is 1. The van der Waals surface area contributed by atoms with Crippen molar-refractivity contribution in [1.29, 1.82) is 0 Å². The summed E-state index contributed by atoms with van der Waals surface area (Å²) in [6.07, 6.45) is 5.91. The highest BCUT2D eigenvalue weighted by Crippen LogP contribution is 2.28. The van der Waals surface area contributed by atoms with Crippen LogP contribution in [0.4, 0.5) is 39.8 Å². The van der Waals surface area contributed by atoms with Gasteiger partial charge in [0, 0.05) is 73.6 Å². The van der Waals surface area contributed by atoms with E-state index in [9.17, 15) is 5.11 Å². The molecule has 4 aromatic carbocycles. The van der Waals surface area contributed by atoms with Crippen LogP contribution in [-0.4, -0.2) is 68.7 Å². The van der Waals surface area contributed by atoms with E-state index in [0.29, 0.717) is 13.1 Å². The van der Waals surface area contributed by atoms with Gasteiger partial charge in [-0.15, -0.1) is 5.11 Å². The van der Waals surface area contributed by atoms with E-state index < -0.39 is 0 Å².